The summed E-state index contributed by atoms with van der Waals surface area (Å²) in [6.45, 7) is 3.39. The van der Waals surface area contributed by atoms with Crippen molar-refractivity contribution in [2.75, 3.05) is 26.4 Å². The highest BCUT2D eigenvalue weighted by Gasteiger charge is 2.13. The van der Waals surface area contributed by atoms with Crippen LogP contribution in [0.15, 0.2) is 11.6 Å². The molecule has 2 unspecified atom stereocenters. The molecule has 16 nitrogen and oxygen atoms in total. The molecule has 0 aliphatic rings. The fourth-order valence-corrected chi connectivity index (χ4v) is 4.96. The Morgan fingerprint density at radius 2 is 0.893 bits per heavy atom. The van der Waals surface area contributed by atoms with Gasteiger partial charge >= 0.3 is 29.8 Å². The van der Waals surface area contributed by atoms with Gasteiger partial charge in [0, 0.05) is 24.9 Å². The molecule has 328 valence electrons. The monoisotopic (exact) mass is 807 g/mol. The summed E-state index contributed by atoms with van der Waals surface area (Å²) in [7, 11) is 0. The van der Waals surface area contributed by atoms with Gasteiger partial charge in [0.2, 0.25) is 0 Å². The van der Waals surface area contributed by atoms with Gasteiger partial charge in [0.25, 0.3) is 0 Å². The molecular weight excluding hydrogens is 736 g/mol. The van der Waals surface area contributed by atoms with E-state index >= 15 is 0 Å². The molecule has 0 aromatic rings. The highest BCUT2D eigenvalue weighted by Crippen LogP contribution is 2.14. The van der Waals surface area contributed by atoms with Crippen molar-refractivity contribution in [3.05, 3.63) is 11.6 Å². The van der Waals surface area contributed by atoms with Crippen LogP contribution in [0.1, 0.15) is 162 Å². The van der Waals surface area contributed by atoms with Crippen molar-refractivity contribution in [1.29, 1.82) is 0 Å². The molecular formula is C40H71O16-. The van der Waals surface area contributed by atoms with Crippen LogP contribution in [0, 0.1) is 5.92 Å². The number of aliphatic hydroxyl groups excluding tert-OH is 4. The zero-order chi connectivity index (χ0) is 43.0. The van der Waals surface area contributed by atoms with Crippen LogP contribution in [0.2, 0.25) is 0 Å². The predicted molar refractivity (Wildman–Crippen MR) is 205 cm³/mol. The average Bonchev–Trinajstić information content (AvgIpc) is 3.13. The first-order valence-corrected chi connectivity index (χ1v) is 20.0. The van der Waals surface area contributed by atoms with E-state index in [2.05, 4.69) is 13.8 Å². The van der Waals surface area contributed by atoms with E-state index in [4.69, 9.17) is 45.2 Å². The zero-order valence-electron chi connectivity index (χ0n) is 33.7. The molecule has 0 aromatic carbocycles. The van der Waals surface area contributed by atoms with E-state index in [9.17, 15) is 33.9 Å². The maximum Gasteiger partial charge on any atom is 0.332 e. The molecule has 0 heterocycles. The van der Waals surface area contributed by atoms with E-state index in [1.165, 1.54) is 70.6 Å². The molecule has 56 heavy (non-hydrogen) atoms. The van der Waals surface area contributed by atoms with Gasteiger partial charge in [-0.1, -0.05) is 117 Å². The zero-order valence-corrected chi connectivity index (χ0v) is 33.7. The third kappa shape index (κ3) is 48.4. The van der Waals surface area contributed by atoms with Gasteiger partial charge in [-0.15, -0.1) is 0 Å². The number of hydrogen-bond acceptors (Lipinski definition) is 13. The quantitative estimate of drug-likeness (QED) is 0.0271. The molecule has 0 aromatic heterocycles. The van der Waals surface area contributed by atoms with E-state index in [1.54, 1.807) is 0 Å². The summed E-state index contributed by atoms with van der Waals surface area (Å²) in [5.41, 5.74) is -0.657. The van der Waals surface area contributed by atoms with Crippen LogP contribution in [0.25, 0.3) is 0 Å². The van der Waals surface area contributed by atoms with E-state index in [0.29, 0.717) is 18.9 Å². The molecule has 0 rings (SSSR count). The van der Waals surface area contributed by atoms with Gasteiger partial charge in [-0.3, -0.25) is 14.4 Å². The SMILES string of the molecule is CC(C)CCCCCCCCCCCCCCC(=O)[O-].O=C(CCCCCCCCC(=O)OCC(O)CO)OCC(O)CO.O=C(O)/C=C(\CC(=O)O)C(=O)O. The maximum atomic E-state index is 11.3. The third-order valence-electron chi connectivity index (χ3n) is 8.13. The Morgan fingerprint density at radius 3 is 1.18 bits per heavy atom. The predicted octanol–water partition coefficient (Wildman–Crippen LogP) is 4.31. The van der Waals surface area contributed by atoms with Gasteiger partial charge in [-0.25, -0.2) is 9.59 Å². The fourth-order valence-electron chi connectivity index (χ4n) is 4.96. The molecule has 0 radical (unpaired) electrons. The lowest BCUT2D eigenvalue weighted by molar-refractivity contribution is -0.305. The topological polar surface area (TPSA) is 286 Å². The van der Waals surface area contributed by atoms with Crippen molar-refractivity contribution < 1.29 is 79.1 Å². The second kappa shape index (κ2) is 41.0. The molecule has 0 fully saturated rings. The fraction of sp³-hybridized carbons (Fsp3) is 0.800. The Hall–Kier alpha value is -3.60. The van der Waals surface area contributed by atoms with E-state index in [1.807, 2.05) is 0 Å². The first kappa shape index (κ1) is 56.7. The minimum atomic E-state index is -1.54. The van der Waals surface area contributed by atoms with Gasteiger partial charge in [0.05, 0.1) is 25.2 Å². The number of carboxylic acids is 4. The molecule has 0 saturated carbocycles. The van der Waals surface area contributed by atoms with Gasteiger partial charge in [-0.05, 0) is 31.6 Å². The van der Waals surface area contributed by atoms with E-state index in [0.717, 1.165) is 44.4 Å². The number of ether oxygens (including phenoxy) is 2. The standard InChI is InChI=1S/C18H36O2.C16H30O8.C6H6O6/c1-17(2)15-13-11-9-7-5-3-4-6-8-10-12-14-16-18(19)20;17-9-13(19)11-23-15(21)7-5-3-1-2-4-6-8-16(22)24-12-14(20)10-18;7-4(8)1-3(6(11)12)2-5(9)10/h17H,3-16H2,1-2H3,(H,19,20);13-14,17-20H,1-12H2;1H,2H2,(H,7,8)(H,9,10)(H,11,12)/p-1/b;;3-1+. The van der Waals surface area contributed by atoms with Crippen molar-refractivity contribution in [3.8, 4) is 0 Å². The molecule has 0 bridgehead atoms. The van der Waals surface area contributed by atoms with Gasteiger partial charge in [0.15, 0.2) is 0 Å². The molecule has 0 aliphatic carbocycles. The second-order valence-electron chi connectivity index (χ2n) is 14.1. The highest BCUT2D eigenvalue weighted by atomic mass is 16.5. The molecule has 0 aliphatic heterocycles. The lowest BCUT2D eigenvalue weighted by Gasteiger charge is -2.08. The van der Waals surface area contributed by atoms with Crippen molar-refractivity contribution in [2.45, 2.75) is 174 Å². The van der Waals surface area contributed by atoms with Crippen LogP contribution in [0.4, 0.5) is 0 Å². The normalized spacial score (nSPS) is 12.0. The van der Waals surface area contributed by atoms with Crippen LogP contribution in [0.3, 0.4) is 0 Å². The van der Waals surface area contributed by atoms with Crippen molar-refractivity contribution in [3.63, 3.8) is 0 Å². The van der Waals surface area contributed by atoms with Crippen molar-refractivity contribution in [2.24, 2.45) is 5.92 Å². The molecule has 16 heteroatoms. The average molecular weight is 808 g/mol. The smallest absolute Gasteiger partial charge is 0.332 e. The summed E-state index contributed by atoms with van der Waals surface area (Å²) >= 11 is 0. The van der Waals surface area contributed by atoms with Crippen LogP contribution < -0.4 is 5.11 Å². The van der Waals surface area contributed by atoms with Crippen molar-refractivity contribution in [1.82, 2.24) is 0 Å². The first-order chi connectivity index (χ1) is 26.5. The summed E-state index contributed by atoms with van der Waals surface area (Å²) in [6, 6.07) is 0. The number of carbonyl (C=O) groups excluding carboxylic acids is 3. The molecule has 0 saturated heterocycles. The minimum Gasteiger partial charge on any atom is -0.550 e. The number of hydrogen-bond donors (Lipinski definition) is 7. The number of aliphatic hydroxyl groups is 4. The molecule has 0 amide bonds. The van der Waals surface area contributed by atoms with Gasteiger partial charge in [-0.2, -0.15) is 0 Å². The van der Waals surface area contributed by atoms with Gasteiger partial charge in [0.1, 0.15) is 25.4 Å². The largest absolute Gasteiger partial charge is 0.550 e. The lowest BCUT2D eigenvalue weighted by atomic mass is 10.0. The van der Waals surface area contributed by atoms with Crippen LogP contribution >= 0.6 is 0 Å². The first-order valence-electron chi connectivity index (χ1n) is 20.0. The molecule has 0 spiro atoms. The Balaban J connectivity index is -0.000000793. The third-order valence-corrected chi connectivity index (χ3v) is 8.13. The molecule has 2 atom stereocenters. The summed E-state index contributed by atoms with van der Waals surface area (Å²) in [6.07, 6.45) is 20.1. The lowest BCUT2D eigenvalue weighted by Crippen LogP contribution is -2.21. The molecule has 7 N–H and O–H groups in total. The number of unbranched alkanes of at least 4 members (excludes halogenated alkanes) is 16. The highest BCUT2D eigenvalue weighted by molar-refractivity contribution is 5.98. The second-order valence-corrected chi connectivity index (χ2v) is 14.1. The summed E-state index contributed by atoms with van der Waals surface area (Å²) < 4.78 is 9.56. The summed E-state index contributed by atoms with van der Waals surface area (Å²) in [5, 5.41) is 70.0. The van der Waals surface area contributed by atoms with Crippen LogP contribution in [-0.4, -0.2) is 110 Å². The summed E-state index contributed by atoms with van der Waals surface area (Å²) in [4.78, 5) is 63.0. The van der Waals surface area contributed by atoms with Crippen molar-refractivity contribution >= 4 is 35.8 Å². The Labute approximate surface area is 332 Å². The van der Waals surface area contributed by atoms with Crippen LogP contribution in [0.5, 0.6) is 0 Å². The minimum absolute atomic E-state index is 0.180. The van der Waals surface area contributed by atoms with E-state index in [-0.39, 0.29) is 44.4 Å². The van der Waals surface area contributed by atoms with E-state index < -0.39 is 61.3 Å². The van der Waals surface area contributed by atoms with Crippen LogP contribution in [-0.2, 0) is 38.2 Å². The van der Waals surface area contributed by atoms with Gasteiger partial charge < -0.3 is 55.1 Å². The summed E-state index contributed by atoms with van der Waals surface area (Å²) in [5.74, 6) is -5.20. The number of carboxylic acid groups (broad SMARTS) is 4. The Bertz CT molecular complexity index is 1030. The number of esters is 2. The maximum absolute atomic E-state index is 11.3. The number of aliphatic carboxylic acids is 4. The Kier molecular flexibility index (Phi) is 41.6. The Morgan fingerprint density at radius 1 is 0.554 bits per heavy atom. The number of rotatable bonds is 34. The number of carbonyl (C=O) groups is 6.